The van der Waals surface area contributed by atoms with Crippen LogP contribution in [-0.2, 0) is 10.0 Å². The highest BCUT2D eigenvalue weighted by Crippen LogP contribution is 2.18. The maximum atomic E-state index is 11.6. The molecule has 0 unspecified atom stereocenters. The molecular weight excluding hydrogens is 242 g/mol. The van der Waals surface area contributed by atoms with Crippen molar-refractivity contribution in [3.05, 3.63) is 24.3 Å². The van der Waals surface area contributed by atoms with Gasteiger partial charge in [-0.2, -0.15) is 0 Å². The molecule has 0 aliphatic rings. The van der Waals surface area contributed by atoms with Crippen LogP contribution in [0.25, 0.3) is 0 Å². The Labute approximate surface area is 101 Å². The number of rotatable bonds is 7. The zero-order chi connectivity index (χ0) is 12.7. The number of sulfonamides is 1. The van der Waals surface area contributed by atoms with Crippen molar-refractivity contribution in [3.8, 4) is 5.75 Å². The lowest BCUT2D eigenvalue weighted by atomic mass is 10.3. The van der Waals surface area contributed by atoms with Gasteiger partial charge in [0.05, 0.1) is 18.0 Å². The zero-order valence-electron chi connectivity index (χ0n) is 9.72. The third kappa shape index (κ3) is 5.06. The normalized spacial score (nSPS) is 11.2. The zero-order valence-corrected chi connectivity index (χ0v) is 10.5. The molecule has 0 saturated heterocycles. The van der Waals surface area contributed by atoms with Gasteiger partial charge in [-0.1, -0.05) is 6.07 Å². The fraction of sp³-hybridized carbons (Fsp3) is 0.455. The predicted octanol–water partition coefficient (Wildman–Crippen LogP) is 1.21. The maximum Gasteiger partial charge on any atom is 0.232 e. The summed E-state index contributed by atoms with van der Waals surface area (Å²) in [5, 5.41) is 8.60. The Morgan fingerprint density at radius 2 is 2.18 bits per heavy atom. The van der Waals surface area contributed by atoms with Crippen LogP contribution >= 0.6 is 0 Å². The van der Waals surface area contributed by atoms with Crippen LogP contribution in [0, 0.1) is 0 Å². The SMILES string of the molecule is CCOc1cccc(NS(=O)(=O)CCCO)c1. The molecule has 1 aromatic carbocycles. The molecule has 0 spiro atoms. The number of benzene rings is 1. The molecule has 6 heteroatoms. The molecule has 0 heterocycles. The standard InChI is InChI=1S/C11H17NO4S/c1-2-16-11-6-3-5-10(9-11)12-17(14,15)8-4-7-13/h3,5-6,9,12-13H,2,4,7-8H2,1H3. The number of nitrogens with one attached hydrogen (secondary N) is 1. The Hall–Kier alpha value is -1.27. The van der Waals surface area contributed by atoms with Crippen LogP contribution in [0.5, 0.6) is 5.75 Å². The van der Waals surface area contributed by atoms with Crippen molar-refractivity contribution in [2.24, 2.45) is 0 Å². The molecular formula is C11H17NO4S. The lowest BCUT2D eigenvalue weighted by Gasteiger charge is -2.09. The summed E-state index contributed by atoms with van der Waals surface area (Å²) < 4.78 is 30.8. The summed E-state index contributed by atoms with van der Waals surface area (Å²) in [6, 6.07) is 6.75. The van der Waals surface area contributed by atoms with E-state index in [0.717, 1.165) is 0 Å². The minimum atomic E-state index is -3.39. The third-order valence-electron chi connectivity index (χ3n) is 1.99. The molecule has 0 aliphatic carbocycles. The van der Waals surface area contributed by atoms with Crippen LogP contribution in [0.3, 0.4) is 0 Å². The Kier molecular flexibility index (Phi) is 5.24. The molecule has 17 heavy (non-hydrogen) atoms. The largest absolute Gasteiger partial charge is 0.494 e. The topological polar surface area (TPSA) is 75.6 Å². The summed E-state index contributed by atoms with van der Waals surface area (Å²) in [5.74, 6) is 0.525. The van der Waals surface area contributed by atoms with Gasteiger partial charge in [-0.3, -0.25) is 4.72 Å². The van der Waals surface area contributed by atoms with E-state index < -0.39 is 10.0 Å². The maximum absolute atomic E-state index is 11.6. The lowest BCUT2D eigenvalue weighted by molar-refractivity contribution is 0.295. The number of hydrogen-bond donors (Lipinski definition) is 2. The van der Waals surface area contributed by atoms with Gasteiger partial charge in [-0.25, -0.2) is 8.42 Å². The van der Waals surface area contributed by atoms with E-state index >= 15 is 0 Å². The number of ether oxygens (including phenoxy) is 1. The van der Waals surface area contributed by atoms with Crippen LogP contribution < -0.4 is 9.46 Å². The van der Waals surface area contributed by atoms with Crippen LogP contribution in [-0.4, -0.2) is 32.5 Å². The first kappa shape index (κ1) is 13.8. The molecule has 0 atom stereocenters. The Morgan fingerprint density at radius 1 is 1.41 bits per heavy atom. The molecule has 0 amide bonds. The summed E-state index contributed by atoms with van der Waals surface area (Å²) in [6.07, 6.45) is 0.223. The summed E-state index contributed by atoms with van der Waals surface area (Å²) >= 11 is 0. The summed E-state index contributed by atoms with van der Waals surface area (Å²) in [6.45, 7) is 2.25. The first-order chi connectivity index (χ1) is 8.07. The van der Waals surface area contributed by atoms with Gasteiger partial charge >= 0.3 is 0 Å². The van der Waals surface area contributed by atoms with E-state index in [1.54, 1.807) is 24.3 Å². The van der Waals surface area contributed by atoms with Crippen molar-refractivity contribution in [2.45, 2.75) is 13.3 Å². The lowest BCUT2D eigenvalue weighted by Crippen LogP contribution is -2.17. The quantitative estimate of drug-likeness (QED) is 0.771. The van der Waals surface area contributed by atoms with E-state index in [0.29, 0.717) is 18.0 Å². The average molecular weight is 259 g/mol. The summed E-state index contributed by atoms with van der Waals surface area (Å²) in [5.41, 5.74) is 0.467. The molecule has 0 fully saturated rings. The van der Waals surface area contributed by atoms with Gasteiger partial charge in [-0.15, -0.1) is 0 Å². The molecule has 5 nitrogen and oxygen atoms in total. The highest BCUT2D eigenvalue weighted by atomic mass is 32.2. The van der Waals surface area contributed by atoms with Crippen LogP contribution in [0.1, 0.15) is 13.3 Å². The minimum absolute atomic E-state index is 0.0949. The number of anilines is 1. The summed E-state index contributed by atoms with van der Waals surface area (Å²) in [7, 11) is -3.39. The van der Waals surface area contributed by atoms with E-state index in [-0.39, 0.29) is 18.8 Å². The predicted molar refractivity (Wildman–Crippen MR) is 66.7 cm³/mol. The van der Waals surface area contributed by atoms with E-state index in [9.17, 15) is 8.42 Å². The van der Waals surface area contributed by atoms with Gasteiger partial charge in [0.25, 0.3) is 0 Å². The molecule has 2 N–H and O–H groups in total. The molecule has 0 saturated carbocycles. The second kappa shape index (κ2) is 6.46. The van der Waals surface area contributed by atoms with Gasteiger partial charge in [0.1, 0.15) is 5.75 Å². The summed E-state index contributed by atoms with van der Waals surface area (Å²) in [4.78, 5) is 0. The van der Waals surface area contributed by atoms with Gasteiger partial charge in [0.2, 0.25) is 10.0 Å². The Balaban J connectivity index is 2.70. The van der Waals surface area contributed by atoms with E-state index in [1.807, 2.05) is 6.92 Å². The Bertz CT molecular complexity index is 445. The van der Waals surface area contributed by atoms with Crippen molar-refractivity contribution < 1.29 is 18.3 Å². The first-order valence-corrected chi connectivity index (χ1v) is 7.07. The Morgan fingerprint density at radius 3 is 2.82 bits per heavy atom. The molecule has 96 valence electrons. The van der Waals surface area contributed by atoms with Crippen LogP contribution in [0.4, 0.5) is 5.69 Å². The smallest absolute Gasteiger partial charge is 0.232 e. The first-order valence-electron chi connectivity index (χ1n) is 5.41. The third-order valence-corrected chi connectivity index (χ3v) is 3.36. The van der Waals surface area contributed by atoms with Gasteiger partial charge < -0.3 is 9.84 Å². The van der Waals surface area contributed by atoms with E-state index in [2.05, 4.69) is 4.72 Å². The highest BCUT2D eigenvalue weighted by molar-refractivity contribution is 7.92. The molecule has 0 aromatic heterocycles. The van der Waals surface area contributed by atoms with Crippen molar-refractivity contribution in [3.63, 3.8) is 0 Å². The molecule has 1 rings (SSSR count). The van der Waals surface area contributed by atoms with E-state index in [1.165, 1.54) is 0 Å². The monoisotopic (exact) mass is 259 g/mol. The van der Waals surface area contributed by atoms with Crippen molar-refractivity contribution in [2.75, 3.05) is 23.7 Å². The molecule has 1 aromatic rings. The van der Waals surface area contributed by atoms with Crippen molar-refractivity contribution in [1.82, 2.24) is 0 Å². The van der Waals surface area contributed by atoms with Crippen LogP contribution in [0.2, 0.25) is 0 Å². The van der Waals surface area contributed by atoms with Gasteiger partial charge in [0.15, 0.2) is 0 Å². The van der Waals surface area contributed by atoms with E-state index in [4.69, 9.17) is 9.84 Å². The number of aliphatic hydroxyl groups excluding tert-OH is 1. The van der Waals surface area contributed by atoms with Gasteiger partial charge in [0, 0.05) is 12.7 Å². The van der Waals surface area contributed by atoms with Crippen molar-refractivity contribution in [1.29, 1.82) is 0 Å². The second-order valence-electron chi connectivity index (χ2n) is 3.46. The molecule has 0 radical (unpaired) electrons. The minimum Gasteiger partial charge on any atom is -0.494 e. The molecule has 0 bridgehead atoms. The number of hydrogen-bond acceptors (Lipinski definition) is 4. The number of aliphatic hydroxyl groups is 1. The highest BCUT2D eigenvalue weighted by Gasteiger charge is 2.09. The van der Waals surface area contributed by atoms with Gasteiger partial charge in [-0.05, 0) is 25.5 Å². The molecule has 0 aliphatic heterocycles. The van der Waals surface area contributed by atoms with Crippen LogP contribution in [0.15, 0.2) is 24.3 Å². The fourth-order valence-corrected chi connectivity index (χ4v) is 2.40. The second-order valence-corrected chi connectivity index (χ2v) is 5.30. The van der Waals surface area contributed by atoms with Crippen molar-refractivity contribution >= 4 is 15.7 Å². The fourth-order valence-electron chi connectivity index (χ4n) is 1.30. The average Bonchev–Trinajstić information content (AvgIpc) is 2.27.